The minimum Gasteiger partial charge on any atom is -0.333 e. The fraction of sp³-hybridized carbons (Fsp3) is 0.357. The van der Waals surface area contributed by atoms with Gasteiger partial charge >= 0.3 is 0 Å². The van der Waals surface area contributed by atoms with Crippen LogP contribution in [-0.2, 0) is 21.4 Å². The zero-order valence-electron chi connectivity index (χ0n) is 13.2. The fourth-order valence-electron chi connectivity index (χ4n) is 3.03. The van der Waals surface area contributed by atoms with Gasteiger partial charge in [-0.15, -0.1) is 5.10 Å². The third-order valence-corrected chi connectivity index (χ3v) is 6.09. The maximum absolute atomic E-state index is 12.6. The maximum Gasteiger partial charge on any atom is 0.245 e. The fourth-order valence-corrected chi connectivity index (χ4v) is 4.43. The molecular weight excluding hydrogens is 346 g/mol. The molecule has 0 aliphatic carbocycles. The number of sulfonamides is 1. The lowest BCUT2D eigenvalue weighted by molar-refractivity contribution is -0.130. The van der Waals surface area contributed by atoms with Gasteiger partial charge in [-0.2, -0.15) is 4.31 Å². The SMILES string of the molecule is O=C(Cn1cnnn1)N1CC2=C(C1)CN(S(=O)(=O)c1cccnc1)C2. The number of hydrogen-bond acceptors (Lipinski definition) is 7. The van der Waals surface area contributed by atoms with Crippen molar-refractivity contribution in [2.24, 2.45) is 0 Å². The van der Waals surface area contributed by atoms with Gasteiger partial charge in [0.15, 0.2) is 0 Å². The van der Waals surface area contributed by atoms with Crippen molar-refractivity contribution >= 4 is 15.9 Å². The smallest absolute Gasteiger partial charge is 0.245 e. The van der Waals surface area contributed by atoms with Gasteiger partial charge < -0.3 is 4.90 Å². The van der Waals surface area contributed by atoms with Crippen LogP contribution in [0.15, 0.2) is 46.9 Å². The molecule has 0 unspecified atom stereocenters. The molecule has 0 N–H and O–H groups in total. The Bertz CT molecular complexity index is 907. The van der Waals surface area contributed by atoms with E-state index in [1.807, 2.05) is 0 Å². The van der Waals surface area contributed by atoms with Crippen molar-refractivity contribution in [3.8, 4) is 0 Å². The molecule has 2 aliphatic rings. The first-order valence-electron chi connectivity index (χ1n) is 7.62. The predicted molar refractivity (Wildman–Crippen MR) is 84.4 cm³/mol. The van der Waals surface area contributed by atoms with Crippen LogP contribution in [0.4, 0.5) is 0 Å². The van der Waals surface area contributed by atoms with Gasteiger partial charge in [-0.1, -0.05) is 0 Å². The van der Waals surface area contributed by atoms with Gasteiger partial charge in [0.2, 0.25) is 15.9 Å². The summed E-state index contributed by atoms with van der Waals surface area (Å²) in [5, 5.41) is 10.7. The second-order valence-electron chi connectivity index (χ2n) is 5.93. The van der Waals surface area contributed by atoms with E-state index in [2.05, 4.69) is 20.5 Å². The van der Waals surface area contributed by atoms with Crippen molar-refractivity contribution in [2.45, 2.75) is 11.4 Å². The summed E-state index contributed by atoms with van der Waals surface area (Å²) in [5.41, 5.74) is 1.97. The minimum absolute atomic E-state index is 0.0747. The molecule has 2 aromatic rings. The number of amides is 1. The lowest BCUT2D eigenvalue weighted by atomic mass is 10.2. The lowest BCUT2D eigenvalue weighted by Crippen LogP contribution is -2.37. The summed E-state index contributed by atoms with van der Waals surface area (Å²) in [4.78, 5) is 18.0. The molecule has 2 aliphatic heterocycles. The highest BCUT2D eigenvalue weighted by Crippen LogP contribution is 2.29. The van der Waals surface area contributed by atoms with Crippen molar-refractivity contribution in [3.05, 3.63) is 42.0 Å². The molecule has 0 radical (unpaired) electrons. The molecule has 0 bridgehead atoms. The monoisotopic (exact) mass is 361 g/mol. The Balaban J connectivity index is 1.40. The Kier molecular flexibility index (Phi) is 3.81. The molecule has 4 heterocycles. The molecule has 0 atom stereocenters. The van der Waals surface area contributed by atoms with E-state index < -0.39 is 10.0 Å². The maximum atomic E-state index is 12.6. The second-order valence-corrected chi connectivity index (χ2v) is 7.86. The van der Waals surface area contributed by atoms with Gasteiger partial charge in [0.1, 0.15) is 17.8 Å². The number of tetrazole rings is 1. The van der Waals surface area contributed by atoms with E-state index in [-0.39, 0.29) is 17.3 Å². The largest absolute Gasteiger partial charge is 0.333 e. The summed E-state index contributed by atoms with van der Waals surface area (Å²) in [6.45, 7) is 1.57. The molecule has 0 saturated heterocycles. The van der Waals surface area contributed by atoms with E-state index in [1.54, 1.807) is 11.0 Å². The Hall–Kier alpha value is -2.66. The van der Waals surface area contributed by atoms with Crippen LogP contribution in [0, 0.1) is 0 Å². The van der Waals surface area contributed by atoms with E-state index in [4.69, 9.17) is 0 Å². The Morgan fingerprint density at radius 3 is 2.52 bits per heavy atom. The van der Waals surface area contributed by atoms with Crippen LogP contribution in [0.25, 0.3) is 0 Å². The topological polar surface area (TPSA) is 114 Å². The normalized spacial score (nSPS) is 18.0. The highest BCUT2D eigenvalue weighted by molar-refractivity contribution is 7.89. The van der Waals surface area contributed by atoms with Gasteiger partial charge in [0.05, 0.1) is 0 Å². The number of carbonyl (C=O) groups excluding carboxylic acids is 1. The number of nitrogens with zero attached hydrogens (tertiary/aromatic N) is 7. The summed E-state index contributed by atoms with van der Waals surface area (Å²) in [7, 11) is -3.56. The molecule has 11 heteroatoms. The highest BCUT2D eigenvalue weighted by atomic mass is 32.2. The summed E-state index contributed by atoms with van der Waals surface area (Å²) in [5.74, 6) is -0.0941. The molecule has 0 spiro atoms. The molecule has 130 valence electrons. The van der Waals surface area contributed by atoms with Crippen LogP contribution in [-0.4, -0.2) is 74.9 Å². The number of aromatic nitrogens is 5. The summed E-state index contributed by atoms with van der Waals surface area (Å²) in [6.07, 6.45) is 4.27. The Morgan fingerprint density at radius 2 is 1.92 bits per heavy atom. The van der Waals surface area contributed by atoms with E-state index in [9.17, 15) is 13.2 Å². The van der Waals surface area contributed by atoms with Crippen molar-refractivity contribution in [3.63, 3.8) is 0 Å². The summed E-state index contributed by atoms with van der Waals surface area (Å²) in [6, 6.07) is 3.14. The van der Waals surface area contributed by atoms with Crippen molar-refractivity contribution < 1.29 is 13.2 Å². The van der Waals surface area contributed by atoms with E-state index in [1.165, 1.54) is 33.8 Å². The molecule has 0 saturated carbocycles. The third kappa shape index (κ3) is 2.91. The summed E-state index contributed by atoms with van der Waals surface area (Å²) >= 11 is 0. The Morgan fingerprint density at radius 1 is 1.16 bits per heavy atom. The number of carbonyl (C=O) groups is 1. The molecule has 0 aromatic carbocycles. The first-order chi connectivity index (χ1) is 12.0. The van der Waals surface area contributed by atoms with Crippen molar-refractivity contribution in [1.29, 1.82) is 0 Å². The first kappa shape index (κ1) is 15.8. The molecule has 25 heavy (non-hydrogen) atoms. The van der Waals surface area contributed by atoms with Crippen LogP contribution in [0.3, 0.4) is 0 Å². The van der Waals surface area contributed by atoms with Gasteiger partial charge in [-0.3, -0.25) is 9.78 Å². The zero-order valence-corrected chi connectivity index (χ0v) is 14.0. The van der Waals surface area contributed by atoms with Gasteiger partial charge in [0.25, 0.3) is 0 Å². The van der Waals surface area contributed by atoms with Crippen LogP contribution >= 0.6 is 0 Å². The molecule has 1 amide bonds. The van der Waals surface area contributed by atoms with Crippen LogP contribution in [0.2, 0.25) is 0 Å². The van der Waals surface area contributed by atoms with Crippen molar-refractivity contribution in [2.75, 3.05) is 26.2 Å². The van der Waals surface area contributed by atoms with E-state index in [0.29, 0.717) is 26.2 Å². The average molecular weight is 361 g/mol. The molecule has 10 nitrogen and oxygen atoms in total. The first-order valence-corrected chi connectivity index (χ1v) is 9.06. The van der Waals surface area contributed by atoms with E-state index in [0.717, 1.165) is 11.1 Å². The summed E-state index contributed by atoms with van der Waals surface area (Å²) < 4.78 is 28.1. The molecule has 0 fully saturated rings. The molecule has 4 rings (SSSR count). The predicted octanol–water partition coefficient (Wildman–Crippen LogP) is -1.09. The number of hydrogen-bond donors (Lipinski definition) is 0. The van der Waals surface area contributed by atoms with Gasteiger partial charge in [-0.05, 0) is 33.7 Å². The van der Waals surface area contributed by atoms with Crippen LogP contribution in [0.5, 0.6) is 0 Å². The second kappa shape index (κ2) is 6.01. The minimum atomic E-state index is -3.56. The highest BCUT2D eigenvalue weighted by Gasteiger charge is 2.37. The van der Waals surface area contributed by atoms with Crippen LogP contribution < -0.4 is 0 Å². The van der Waals surface area contributed by atoms with E-state index >= 15 is 0 Å². The molecule has 2 aromatic heterocycles. The average Bonchev–Trinajstić information content (AvgIpc) is 3.31. The quantitative estimate of drug-likeness (QED) is 0.636. The van der Waals surface area contributed by atoms with Crippen LogP contribution in [0.1, 0.15) is 0 Å². The van der Waals surface area contributed by atoms with Gasteiger partial charge in [-0.25, -0.2) is 13.1 Å². The van der Waals surface area contributed by atoms with Crippen molar-refractivity contribution in [1.82, 2.24) is 34.4 Å². The zero-order chi connectivity index (χ0) is 17.4. The standard InChI is InChI=1S/C14H15N7O3S/c22-14(9-20-10-16-17-18-20)19-5-11-7-21(8-12(11)6-19)25(23,24)13-2-1-3-15-4-13/h1-4,10H,5-9H2. The number of pyridine rings is 1. The molecular formula is C14H15N7O3S. The third-order valence-electron chi connectivity index (χ3n) is 4.31. The number of rotatable bonds is 4. The van der Waals surface area contributed by atoms with Gasteiger partial charge in [0, 0.05) is 38.6 Å². The lowest BCUT2D eigenvalue weighted by Gasteiger charge is -2.22. The Labute approximate surface area is 143 Å².